The van der Waals surface area contributed by atoms with E-state index in [-0.39, 0.29) is 5.41 Å². The monoisotopic (exact) mass is 211 g/mol. The standard InChI is InChI=1S/C10H10ClNO2/c11-8-1-2-9(12-5-8)14-7-10(6-13)3-4-10/h1-2,5-6H,3-4,7H2. The molecule has 1 heterocycles. The number of ether oxygens (including phenoxy) is 1. The Morgan fingerprint density at radius 3 is 2.86 bits per heavy atom. The van der Waals surface area contributed by atoms with Gasteiger partial charge < -0.3 is 9.53 Å². The van der Waals surface area contributed by atoms with E-state index in [1.54, 1.807) is 12.1 Å². The van der Waals surface area contributed by atoms with Gasteiger partial charge in [-0.1, -0.05) is 11.6 Å². The van der Waals surface area contributed by atoms with Crippen molar-refractivity contribution < 1.29 is 9.53 Å². The first-order valence-electron chi connectivity index (χ1n) is 4.45. The zero-order chi connectivity index (χ0) is 10.0. The second-order valence-corrected chi connectivity index (χ2v) is 4.02. The van der Waals surface area contributed by atoms with E-state index in [2.05, 4.69) is 4.98 Å². The predicted octanol–water partition coefficient (Wildman–Crippen LogP) is 2.09. The van der Waals surface area contributed by atoms with Gasteiger partial charge in [-0.05, 0) is 18.9 Å². The molecule has 1 aliphatic rings. The minimum atomic E-state index is -0.235. The van der Waals surface area contributed by atoms with Crippen LogP contribution in [0, 0.1) is 5.41 Å². The van der Waals surface area contributed by atoms with Gasteiger partial charge in [-0.15, -0.1) is 0 Å². The molecule has 0 aromatic carbocycles. The average Bonchev–Trinajstić information content (AvgIpc) is 2.98. The number of hydrogen-bond donors (Lipinski definition) is 0. The highest BCUT2D eigenvalue weighted by Gasteiger charge is 2.43. The van der Waals surface area contributed by atoms with Crippen molar-refractivity contribution in [2.24, 2.45) is 5.41 Å². The molecule has 0 atom stereocenters. The number of aldehydes is 1. The number of rotatable bonds is 4. The molecule has 0 radical (unpaired) electrons. The maximum Gasteiger partial charge on any atom is 0.213 e. The van der Waals surface area contributed by atoms with E-state index in [9.17, 15) is 4.79 Å². The molecule has 0 spiro atoms. The number of halogens is 1. The average molecular weight is 212 g/mol. The van der Waals surface area contributed by atoms with Crippen LogP contribution in [0.25, 0.3) is 0 Å². The van der Waals surface area contributed by atoms with Gasteiger partial charge in [-0.25, -0.2) is 4.98 Å². The molecule has 1 aromatic rings. The lowest BCUT2D eigenvalue weighted by atomic mass is 10.1. The van der Waals surface area contributed by atoms with Crippen molar-refractivity contribution in [1.82, 2.24) is 4.98 Å². The summed E-state index contributed by atoms with van der Waals surface area (Å²) in [4.78, 5) is 14.6. The third-order valence-corrected chi connectivity index (χ3v) is 2.57. The topological polar surface area (TPSA) is 39.2 Å². The van der Waals surface area contributed by atoms with Crippen LogP contribution in [-0.2, 0) is 4.79 Å². The van der Waals surface area contributed by atoms with E-state index in [0.29, 0.717) is 17.5 Å². The minimum Gasteiger partial charge on any atom is -0.477 e. The quantitative estimate of drug-likeness (QED) is 0.716. The third kappa shape index (κ3) is 2.04. The lowest BCUT2D eigenvalue weighted by Crippen LogP contribution is -2.14. The Morgan fingerprint density at radius 2 is 2.36 bits per heavy atom. The molecule has 1 saturated carbocycles. The molecule has 14 heavy (non-hydrogen) atoms. The highest BCUT2D eigenvalue weighted by atomic mass is 35.5. The van der Waals surface area contributed by atoms with Crippen molar-refractivity contribution >= 4 is 17.9 Å². The van der Waals surface area contributed by atoms with Crippen molar-refractivity contribution in [3.63, 3.8) is 0 Å². The van der Waals surface area contributed by atoms with E-state index in [4.69, 9.17) is 16.3 Å². The fourth-order valence-electron chi connectivity index (χ4n) is 1.12. The van der Waals surface area contributed by atoms with Crippen molar-refractivity contribution in [3.05, 3.63) is 23.4 Å². The van der Waals surface area contributed by atoms with Gasteiger partial charge in [0.05, 0.1) is 10.4 Å². The van der Waals surface area contributed by atoms with Crippen LogP contribution in [0.2, 0.25) is 5.02 Å². The Kier molecular flexibility index (Phi) is 2.42. The first-order chi connectivity index (χ1) is 6.74. The van der Waals surface area contributed by atoms with Crippen LogP contribution < -0.4 is 4.74 Å². The summed E-state index contributed by atoms with van der Waals surface area (Å²) in [6.07, 6.45) is 4.34. The first-order valence-corrected chi connectivity index (χ1v) is 4.83. The number of carbonyl (C=O) groups is 1. The highest BCUT2D eigenvalue weighted by Crippen LogP contribution is 2.43. The number of hydrogen-bond acceptors (Lipinski definition) is 3. The Morgan fingerprint density at radius 1 is 1.57 bits per heavy atom. The molecular formula is C10H10ClNO2. The molecule has 0 bridgehead atoms. The normalized spacial score (nSPS) is 17.5. The summed E-state index contributed by atoms with van der Waals surface area (Å²) in [5.74, 6) is 0.516. The zero-order valence-corrected chi connectivity index (χ0v) is 8.33. The molecule has 0 saturated heterocycles. The second-order valence-electron chi connectivity index (χ2n) is 3.58. The van der Waals surface area contributed by atoms with Gasteiger partial charge in [0, 0.05) is 12.3 Å². The Labute approximate surface area is 87.0 Å². The van der Waals surface area contributed by atoms with E-state index in [0.717, 1.165) is 19.1 Å². The van der Waals surface area contributed by atoms with Crippen molar-refractivity contribution in [2.75, 3.05) is 6.61 Å². The maximum atomic E-state index is 10.6. The maximum absolute atomic E-state index is 10.6. The molecule has 1 aliphatic carbocycles. The fourth-order valence-corrected chi connectivity index (χ4v) is 1.23. The molecule has 1 aromatic heterocycles. The molecule has 3 nitrogen and oxygen atoms in total. The Balaban J connectivity index is 1.92. The summed E-state index contributed by atoms with van der Waals surface area (Å²) < 4.78 is 5.38. The SMILES string of the molecule is O=CC1(COc2ccc(Cl)cn2)CC1. The van der Waals surface area contributed by atoms with Crippen LogP contribution in [0.5, 0.6) is 5.88 Å². The van der Waals surface area contributed by atoms with Gasteiger partial charge in [0.25, 0.3) is 0 Å². The number of nitrogens with zero attached hydrogens (tertiary/aromatic N) is 1. The van der Waals surface area contributed by atoms with Crippen LogP contribution in [0.4, 0.5) is 0 Å². The fraction of sp³-hybridized carbons (Fsp3) is 0.400. The molecule has 4 heteroatoms. The summed E-state index contributed by atoms with van der Waals surface area (Å²) >= 11 is 5.67. The van der Waals surface area contributed by atoms with E-state index >= 15 is 0 Å². The van der Waals surface area contributed by atoms with E-state index < -0.39 is 0 Å². The molecule has 74 valence electrons. The lowest BCUT2D eigenvalue weighted by Gasteiger charge is -2.08. The Bertz CT molecular complexity index is 332. The summed E-state index contributed by atoms with van der Waals surface area (Å²) in [7, 11) is 0. The van der Waals surface area contributed by atoms with Crippen molar-refractivity contribution in [3.8, 4) is 5.88 Å². The molecule has 0 unspecified atom stereocenters. The summed E-state index contributed by atoms with van der Waals surface area (Å²) in [6, 6.07) is 3.41. The van der Waals surface area contributed by atoms with E-state index in [1.807, 2.05) is 0 Å². The third-order valence-electron chi connectivity index (χ3n) is 2.35. The molecule has 2 rings (SSSR count). The lowest BCUT2D eigenvalue weighted by molar-refractivity contribution is -0.113. The van der Waals surface area contributed by atoms with Gasteiger partial charge in [0.1, 0.15) is 12.9 Å². The van der Waals surface area contributed by atoms with Gasteiger partial charge in [0.2, 0.25) is 5.88 Å². The van der Waals surface area contributed by atoms with Gasteiger partial charge in [-0.3, -0.25) is 0 Å². The van der Waals surface area contributed by atoms with Crippen molar-refractivity contribution in [1.29, 1.82) is 0 Å². The number of aromatic nitrogens is 1. The predicted molar refractivity (Wildman–Crippen MR) is 52.5 cm³/mol. The molecule has 0 aliphatic heterocycles. The van der Waals surface area contributed by atoms with Crippen LogP contribution in [-0.4, -0.2) is 17.9 Å². The molecule has 1 fully saturated rings. The molecule has 0 N–H and O–H groups in total. The van der Waals surface area contributed by atoms with Crippen LogP contribution in [0.1, 0.15) is 12.8 Å². The molecular weight excluding hydrogens is 202 g/mol. The smallest absolute Gasteiger partial charge is 0.213 e. The zero-order valence-electron chi connectivity index (χ0n) is 7.57. The first kappa shape index (κ1) is 9.46. The largest absolute Gasteiger partial charge is 0.477 e. The van der Waals surface area contributed by atoms with Crippen LogP contribution >= 0.6 is 11.6 Å². The highest BCUT2D eigenvalue weighted by molar-refractivity contribution is 6.30. The minimum absolute atomic E-state index is 0.235. The molecule has 0 amide bonds. The second kappa shape index (κ2) is 3.58. The van der Waals surface area contributed by atoms with Gasteiger partial charge in [0.15, 0.2) is 0 Å². The van der Waals surface area contributed by atoms with Gasteiger partial charge in [-0.2, -0.15) is 0 Å². The van der Waals surface area contributed by atoms with Crippen molar-refractivity contribution in [2.45, 2.75) is 12.8 Å². The summed E-state index contributed by atoms with van der Waals surface area (Å²) in [5, 5.41) is 0.578. The summed E-state index contributed by atoms with van der Waals surface area (Å²) in [6.45, 7) is 0.422. The van der Waals surface area contributed by atoms with E-state index in [1.165, 1.54) is 6.20 Å². The van der Waals surface area contributed by atoms with Crippen LogP contribution in [0.15, 0.2) is 18.3 Å². The van der Waals surface area contributed by atoms with Crippen LogP contribution in [0.3, 0.4) is 0 Å². The number of pyridine rings is 1. The number of carbonyl (C=O) groups excluding carboxylic acids is 1. The Hall–Kier alpha value is -1.09. The summed E-state index contributed by atoms with van der Waals surface area (Å²) in [5.41, 5.74) is -0.235. The van der Waals surface area contributed by atoms with Gasteiger partial charge >= 0.3 is 0 Å².